The van der Waals surface area contributed by atoms with Gasteiger partial charge in [-0.3, -0.25) is 24.0 Å². The Labute approximate surface area is 256 Å². The first-order valence-electron chi connectivity index (χ1n) is 15.4. The molecule has 0 bridgehead atoms. The summed E-state index contributed by atoms with van der Waals surface area (Å²) >= 11 is 1.64. The van der Waals surface area contributed by atoms with Gasteiger partial charge in [-0.05, 0) is 68.0 Å². The van der Waals surface area contributed by atoms with Crippen LogP contribution in [0.15, 0.2) is 47.4 Å². The molecule has 0 saturated carbocycles. The number of likely N-dealkylation sites (tertiary alicyclic amines) is 1. The lowest BCUT2D eigenvalue weighted by molar-refractivity contribution is -0.133. The summed E-state index contributed by atoms with van der Waals surface area (Å²) < 4.78 is 12.9. The van der Waals surface area contributed by atoms with E-state index in [1.54, 1.807) is 22.5 Å². The Morgan fingerprint density at radius 2 is 1.63 bits per heavy atom. The number of imidazole rings is 1. The smallest absolute Gasteiger partial charge is 0.327 e. The number of aromatic nitrogens is 3. The Hall–Kier alpha value is -3.35. The Morgan fingerprint density at radius 3 is 2.37 bits per heavy atom. The lowest BCUT2D eigenvalue weighted by atomic mass is 9.98. The molecule has 7 rings (SSSR count). The highest BCUT2D eigenvalue weighted by atomic mass is 32.2. The summed E-state index contributed by atoms with van der Waals surface area (Å²) in [5.41, 5.74) is 3.24. The van der Waals surface area contributed by atoms with Gasteiger partial charge in [-0.25, -0.2) is 9.78 Å². The van der Waals surface area contributed by atoms with Gasteiger partial charge >= 0.3 is 5.69 Å². The number of thioether (sulfide) groups is 1. The summed E-state index contributed by atoms with van der Waals surface area (Å²) in [6.45, 7) is 5.69. The van der Waals surface area contributed by atoms with Crippen LogP contribution < -0.4 is 15.5 Å². The number of aromatic amines is 1. The molecule has 2 atom stereocenters. The Morgan fingerprint density at radius 1 is 0.930 bits per heavy atom. The van der Waals surface area contributed by atoms with Crippen molar-refractivity contribution in [2.75, 3.05) is 62.4 Å². The number of anilines is 2. The van der Waals surface area contributed by atoms with E-state index in [1.807, 2.05) is 34.1 Å². The SMILES string of the molecule is O=C(CC1SC(C2CCOCC2)N(c2ccc(N3CCOCC3)cc2)C1=O)N1CCC(n2c(=O)[nH]c3ncccc32)CC1.[HH]. The third kappa shape index (κ3) is 5.67. The molecule has 4 aliphatic rings. The number of ether oxygens (including phenoxy) is 2. The number of benzene rings is 1. The van der Waals surface area contributed by atoms with Gasteiger partial charge in [-0.15, -0.1) is 11.8 Å². The molecule has 0 aliphatic carbocycles. The molecular weight excluding hydrogens is 568 g/mol. The molecule has 230 valence electrons. The second-order valence-corrected chi connectivity index (χ2v) is 13.1. The van der Waals surface area contributed by atoms with Crippen LogP contribution in [0.2, 0.25) is 0 Å². The summed E-state index contributed by atoms with van der Waals surface area (Å²) in [6.07, 6.45) is 5.04. The molecule has 1 aromatic carbocycles. The third-order valence-electron chi connectivity index (χ3n) is 9.28. The van der Waals surface area contributed by atoms with Crippen molar-refractivity contribution in [3.05, 3.63) is 53.1 Å². The van der Waals surface area contributed by atoms with Crippen molar-refractivity contribution in [3.8, 4) is 0 Å². The van der Waals surface area contributed by atoms with Crippen LogP contribution in [0.5, 0.6) is 0 Å². The number of amides is 2. The first-order valence-corrected chi connectivity index (χ1v) is 16.3. The van der Waals surface area contributed by atoms with E-state index in [0.29, 0.717) is 50.7 Å². The molecule has 11 nitrogen and oxygen atoms in total. The van der Waals surface area contributed by atoms with Crippen LogP contribution in [0.25, 0.3) is 11.2 Å². The number of nitrogens with one attached hydrogen (secondary N) is 1. The standard InChI is InChI=1S/C31H38N6O5S.H2/c38-27(35-12-7-24(8-13-35)36-25-2-1-11-32-28(25)33-31(36)40)20-26-29(39)37(30(43-26)21-9-16-41-17-10-21)23-5-3-22(4-6-23)34-14-18-42-19-15-34;/h1-6,11,21,24,26,30H,7-10,12-20H2,(H,32,33,40);1H. The second kappa shape index (κ2) is 12.3. The van der Waals surface area contributed by atoms with Crippen LogP contribution in [-0.4, -0.2) is 94.5 Å². The predicted molar refractivity (Wildman–Crippen MR) is 168 cm³/mol. The molecule has 4 fully saturated rings. The summed E-state index contributed by atoms with van der Waals surface area (Å²) in [4.78, 5) is 53.4. The van der Waals surface area contributed by atoms with Gasteiger partial charge in [0.1, 0.15) is 0 Å². The zero-order valence-corrected chi connectivity index (χ0v) is 25.0. The van der Waals surface area contributed by atoms with Crippen molar-refractivity contribution in [2.24, 2.45) is 5.92 Å². The van der Waals surface area contributed by atoms with Gasteiger partial charge in [-0.1, -0.05) is 0 Å². The van der Waals surface area contributed by atoms with Gasteiger partial charge in [0.05, 0.1) is 29.4 Å². The number of carbonyl (C=O) groups is 2. The number of H-pyrrole nitrogens is 1. The normalized spacial score (nSPS) is 24.3. The van der Waals surface area contributed by atoms with E-state index < -0.39 is 5.25 Å². The highest BCUT2D eigenvalue weighted by molar-refractivity contribution is 8.02. The van der Waals surface area contributed by atoms with Crippen molar-refractivity contribution in [1.29, 1.82) is 0 Å². The minimum absolute atomic E-state index is 0. The fourth-order valence-corrected chi connectivity index (χ4v) is 8.58. The average Bonchev–Trinajstić information content (AvgIpc) is 3.57. The second-order valence-electron chi connectivity index (χ2n) is 11.8. The number of piperidine rings is 1. The number of pyridine rings is 1. The lowest BCUT2D eigenvalue weighted by Crippen LogP contribution is -2.43. The van der Waals surface area contributed by atoms with Gasteiger partial charge in [0, 0.05) is 70.9 Å². The number of carbonyl (C=O) groups excluding carboxylic acids is 2. The van der Waals surface area contributed by atoms with E-state index in [-0.39, 0.29) is 36.8 Å². The van der Waals surface area contributed by atoms with E-state index in [0.717, 1.165) is 56.0 Å². The van der Waals surface area contributed by atoms with E-state index in [1.165, 1.54) is 0 Å². The van der Waals surface area contributed by atoms with Gasteiger partial charge < -0.3 is 19.3 Å². The van der Waals surface area contributed by atoms with Crippen LogP contribution in [0.1, 0.15) is 39.6 Å². The van der Waals surface area contributed by atoms with Crippen molar-refractivity contribution >= 4 is 46.1 Å². The fraction of sp³-hybridized carbons (Fsp3) is 0.548. The molecule has 2 amide bonds. The third-order valence-corrected chi connectivity index (χ3v) is 10.8. The van der Waals surface area contributed by atoms with Crippen molar-refractivity contribution < 1.29 is 20.5 Å². The first-order chi connectivity index (χ1) is 21.1. The molecule has 6 heterocycles. The van der Waals surface area contributed by atoms with Gasteiger partial charge in [-0.2, -0.15) is 0 Å². The Kier molecular flexibility index (Phi) is 8.15. The van der Waals surface area contributed by atoms with E-state index in [4.69, 9.17) is 9.47 Å². The van der Waals surface area contributed by atoms with Crippen LogP contribution in [-0.2, 0) is 19.1 Å². The summed E-state index contributed by atoms with van der Waals surface area (Å²) in [6, 6.07) is 12.0. The molecule has 2 unspecified atom stereocenters. The van der Waals surface area contributed by atoms with Crippen LogP contribution in [0.4, 0.5) is 11.4 Å². The first kappa shape index (κ1) is 28.4. The molecule has 4 aliphatic heterocycles. The maximum atomic E-state index is 14.0. The minimum atomic E-state index is -0.417. The Balaban J connectivity index is 0.00000343. The number of hydrogen-bond donors (Lipinski definition) is 1. The summed E-state index contributed by atoms with van der Waals surface area (Å²) in [5, 5.41) is -0.434. The van der Waals surface area contributed by atoms with Gasteiger partial charge in [0.25, 0.3) is 0 Å². The number of fused-ring (bicyclic) bond motifs is 1. The van der Waals surface area contributed by atoms with Gasteiger partial charge in [0.15, 0.2) is 5.65 Å². The van der Waals surface area contributed by atoms with Crippen molar-refractivity contribution in [2.45, 2.75) is 48.8 Å². The lowest BCUT2D eigenvalue weighted by Gasteiger charge is -2.33. The van der Waals surface area contributed by atoms with Crippen molar-refractivity contribution in [1.82, 2.24) is 19.4 Å². The number of hydrogen-bond acceptors (Lipinski definition) is 8. The topological polar surface area (TPSA) is 113 Å². The zero-order chi connectivity index (χ0) is 29.3. The summed E-state index contributed by atoms with van der Waals surface area (Å²) in [7, 11) is 0. The highest BCUT2D eigenvalue weighted by Crippen LogP contribution is 2.44. The number of nitrogens with zero attached hydrogens (tertiary/aromatic N) is 5. The highest BCUT2D eigenvalue weighted by Gasteiger charge is 2.46. The molecule has 1 N–H and O–H groups in total. The molecular formula is C31H40N6O5S. The fourth-order valence-electron chi connectivity index (χ4n) is 6.93. The van der Waals surface area contributed by atoms with Gasteiger partial charge in [0.2, 0.25) is 11.8 Å². The van der Waals surface area contributed by atoms with Crippen LogP contribution >= 0.6 is 11.8 Å². The zero-order valence-electron chi connectivity index (χ0n) is 24.2. The van der Waals surface area contributed by atoms with E-state index >= 15 is 0 Å². The molecule has 3 aromatic rings. The molecule has 12 heteroatoms. The quantitative estimate of drug-likeness (QED) is 0.454. The van der Waals surface area contributed by atoms with Crippen LogP contribution in [0, 0.1) is 5.92 Å². The molecule has 4 saturated heterocycles. The monoisotopic (exact) mass is 608 g/mol. The molecule has 0 spiro atoms. The number of morpholine rings is 1. The average molecular weight is 609 g/mol. The van der Waals surface area contributed by atoms with E-state index in [9.17, 15) is 14.4 Å². The number of rotatable bonds is 6. The molecule has 2 aromatic heterocycles. The largest absolute Gasteiger partial charge is 0.381 e. The predicted octanol–water partition coefficient (Wildman–Crippen LogP) is 3.26. The molecule has 0 radical (unpaired) electrons. The molecule has 43 heavy (non-hydrogen) atoms. The summed E-state index contributed by atoms with van der Waals surface area (Å²) in [5.74, 6) is 0.343. The maximum Gasteiger partial charge on any atom is 0.327 e. The van der Waals surface area contributed by atoms with Crippen molar-refractivity contribution in [3.63, 3.8) is 0 Å². The Bertz CT molecular complexity index is 1510. The van der Waals surface area contributed by atoms with Crippen LogP contribution in [0.3, 0.4) is 0 Å². The van der Waals surface area contributed by atoms with E-state index in [2.05, 4.69) is 27.0 Å². The minimum Gasteiger partial charge on any atom is -0.381 e. The maximum absolute atomic E-state index is 14.0.